The minimum absolute atomic E-state index is 0.192. The Labute approximate surface area is 120 Å². The quantitative estimate of drug-likeness (QED) is 0.833. The highest BCUT2D eigenvalue weighted by atomic mass is 32.1. The largest absolute Gasteiger partial charge is 0.384 e. The van der Waals surface area contributed by atoms with Crippen LogP contribution in [0.2, 0.25) is 0 Å². The van der Waals surface area contributed by atoms with Crippen LogP contribution in [-0.2, 0) is 10.4 Å². The number of rotatable bonds is 5. The topological polar surface area (TPSA) is 49.3 Å². The minimum Gasteiger partial charge on any atom is -0.384 e. The summed E-state index contributed by atoms with van der Waals surface area (Å²) in [5.41, 5.74) is -0.216. The number of hydrogen-bond acceptors (Lipinski definition) is 4. The van der Waals surface area contributed by atoms with Gasteiger partial charge in [-0.15, -0.1) is 11.3 Å². The lowest BCUT2D eigenvalue weighted by molar-refractivity contribution is -0.117. The van der Waals surface area contributed by atoms with E-state index in [0.717, 1.165) is 10.4 Å². The smallest absolute Gasteiger partial charge is 0.244 e. The standard InChI is InChI=1S/C14H15NO2S2/c1-14(17,11-6-8-18-9-11)10-15-13(16)5-4-12-3-2-7-19-12/h2-9,17H,10H2,1H3,(H,15,16)/b5-4+/t14-/m0/s1. The van der Waals surface area contributed by atoms with E-state index >= 15 is 0 Å². The fourth-order valence-corrected chi connectivity index (χ4v) is 2.94. The van der Waals surface area contributed by atoms with E-state index in [-0.39, 0.29) is 12.5 Å². The van der Waals surface area contributed by atoms with Crippen LogP contribution in [-0.4, -0.2) is 17.6 Å². The molecule has 2 rings (SSSR count). The minimum atomic E-state index is -1.04. The molecule has 0 aliphatic heterocycles. The Morgan fingerprint density at radius 1 is 1.47 bits per heavy atom. The van der Waals surface area contributed by atoms with E-state index in [4.69, 9.17) is 0 Å². The molecule has 1 atom stereocenters. The predicted octanol–water partition coefficient (Wildman–Crippen LogP) is 2.85. The van der Waals surface area contributed by atoms with Gasteiger partial charge in [0.1, 0.15) is 5.60 Å². The Kier molecular flexibility index (Phi) is 4.52. The molecule has 5 heteroatoms. The second-order valence-electron chi connectivity index (χ2n) is 4.35. The molecule has 0 saturated heterocycles. The molecule has 19 heavy (non-hydrogen) atoms. The van der Waals surface area contributed by atoms with Crippen LogP contribution in [0, 0.1) is 0 Å². The van der Waals surface area contributed by atoms with Crippen LogP contribution in [0.1, 0.15) is 17.4 Å². The van der Waals surface area contributed by atoms with Gasteiger partial charge in [0.25, 0.3) is 0 Å². The van der Waals surface area contributed by atoms with Crippen LogP contribution < -0.4 is 5.32 Å². The number of nitrogens with one attached hydrogen (secondary N) is 1. The molecule has 0 radical (unpaired) electrons. The van der Waals surface area contributed by atoms with E-state index in [9.17, 15) is 9.90 Å². The van der Waals surface area contributed by atoms with Gasteiger partial charge < -0.3 is 10.4 Å². The maximum absolute atomic E-state index is 11.7. The molecule has 2 N–H and O–H groups in total. The lowest BCUT2D eigenvalue weighted by atomic mass is 9.99. The van der Waals surface area contributed by atoms with Crippen LogP contribution in [0.15, 0.2) is 40.4 Å². The van der Waals surface area contributed by atoms with E-state index < -0.39 is 5.60 Å². The molecular formula is C14H15NO2S2. The average Bonchev–Trinajstić information content (AvgIpc) is 3.06. The van der Waals surface area contributed by atoms with Crippen molar-refractivity contribution < 1.29 is 9.90 Å². The average molecular weight is 293 g/mol. The van der Waals surface area contributed by atoms with Crippen LogP contribution in [0.4, 0.5) is 0 Å². The molecule has 3 nitrogen and oxygen atoms in total. The molecule has 0 aliphatic carbocycles. The number of carbonyl (C=O) groups excluding carboxylic acids is 1. The molecule has 0 fully saturated rings. The molecule has 2 heterocycles. The van der Waals surface area contributed by atoms with Crippen molar-refractivity contribution in [2.75, 3.05) is 6.54 Å². The maximum Gasteiger partial charge on any atom is 0.244 e. The number of aliphatic hydroxyl groups is 1. The van der Waals surface area contributed by atoms with E-state index in [0.29, 0.717) is 0 Å². The second-order valence-corrected chi connectivity index (χ2v) is 6.11. The first-order valence-electron chi connectivity index (χ1n) is 5.82. The Hall–Kier alpha value is -1.43. The van der Waals surface area contributed by atoms with Crippen molar-refractivity contribution in [1.29, 1.82) is 0 Å². The molecule has 1 amide bonds. The lowest BCUT2D eigenvalue weighted by Gasteiger charge is -2.22. The first kappa shape index (κ1) is 14.0. The Balaban J connectivity index is 1.87. The third kappa shape index (κ3) is 4.02. The second kappa shape index (κ2) is 6.14. The highest BCUT2D eigenvalue weighted by Crippen LogP contribution is 2.21. The molecular weight excluding hydrogens is 278 g/mol. The summed E-state index contributed by atoms with van der Waals surface area (Å²) in [7, 11) is 0. The van der Waals surface area contributed by atoms with Crippen molar-refractivity contribution in [1.82, 2.24) is 5.32 Å². The highest BCUT2D eigenvalue weighted by Gasteiger charge is 2.23. The van der Waals surface area contributed by atoms with E-state index in [1.54, 1.807) is 24.3 Å². The van der Waals surface area contributed by atoms with Gasteiger partial charge in [-0.25, -0.2) is 0 Å². The van der Waals surface area contributed by atoms with E-state index in [1.165, 1.54) is 17.4 Å². The maximum atomic E-state index is 11.7. The van der Waals surface area contributed by atoms with Gasteiger partial charge >= 0.3 is 0 Å². The zero-order valence-electron chi connectivity index (χ0n) is 10.5. The van der Waals surface area contributed by atoms with Gasteiger partial charge in [0.05, 0.1) is 6.54 Å². The first-order chi connectivity index (χ1) is 9.08. The number of hydrogen-bond donors (Lipinski definition) is 2. The van der Waals surface area contributed by atoms with Crippen LogP contribution in [0.5, 0.6) is 0 Å². The molecule has 0 aliphatic rings. The molecule has 100 valence electrons. The van der Waals surface area contributed by atoms with Crippen LogP contribution in [0.25, 0.3) is 6.08 Å². The molecule has 0 saturated carbocycles. The zero-order valence-corrected chi connectivity index (χ0v) is 12.1. The van der Waals surface area contributed by atoms with Crippen molar-refractivity contribution in [2.45, 2.75) is 12.5 Å². The van der Waals surface area contributed by atoms with Gasteiger partial charge in [-0.1, -0.05) is 6.07 Å². The van der Waals surface area contributed by atoms with Gasteiger partial charge in [-0.3, -0.25) is 4.79 Å². The highest BCUT2D eigenvalue weighted by molar-refractivity contribution is 7.10. The Bertz CT molecular complexity index is 542. The summed E-state index contributed by atoms with van der Waals surface area (Å²) >= 11 is 3.10. The molecule has 0 aromatic carbocycles. The molecule has 0 spiro atoms. The SMILES string of the molecule is C[C@](O)(CNC(=O)/C=C/c1cccs1)c1ccsc1. The summed E-state index contributed by atoms with van der Waals surface area (Å²) in [6.45, 7) is 1.88. The normalized spacial score (nSPS) is 14.4. The predicted molar refractivity (Wildman–Crippen MR) is 80.3 cm³/mol. The number of thiophene rings is 2. The summed E-state index contributed by atoms with van der Waals surface area (Å²) in [5.74, 6) is -0.205. The third-order valence-electron chi connectivity index (χ3n) is 2.69. The van der Waals surface area contributed by atoms with Gasteiger partial charge in [0.2, 0.25) is 5.91 Å². The molecule has 0 bridgehead atoms. The van der Waals surface area contributed by atoms with Crippen molar-refractivity contribution in [3.05, 3.63) is 50.9 Å². The summed E-state index contributed by atoms with van der Waals surface area (Å²) in [6.07, 6.45) is 3.24. The van der Waals surface area contributed by atoms with Crippen molar-refractivity contribution in [2.24, 2.45) is 0 Å². The third-order valence-corrected chi connectivity index (χ3v) is 4.21. The summed E-state index contributed by atoms with van der Waals surface area (Å²) in [4.78, 5) is 12.7. The van der Waals surface area contributed by atoms with E-state index in [1.807, 2.05) is 34.3 Å². The Morgan fingerprint density at radius 3 is 2.95 bits per heavy atom. The summed E-state index contributed by atoms with van der Waals surface area (Å²) < 4.78 is 0. The number of carbonyl (C=O) groups is 1. The van der Waals surface area contributed by atoms with Crippen molar-refractivity contribution in [3.8, 4) is 0 Å². The molecule has 2 aromatic rings. The van der Waals surface area contributed by atoms with Crippen LogP contribution >= 0.6 is 22.7 Å². The van der Waals surface area contributed by atoms with Gasteiger partial charge in [-0.05, 0) is 46.8 Å². The zero-order chi connectivity index (χ0) is 13.7. The van der Waals surface area contributed by atoms with Gasteiger partial charge in [-0.2, -0.15) is 11.3 Å². The Morgan fingerprint density at radius 2 is 2.32 bits per heavy atom. The monoisotopic (exact) mass is 293 g/mol. The number of amides is 1. The van der Waals surface area contributed by atoms with Crippen LogP contribution in [0.3, 0.4) is 0 Å². The van der Waals surface area contributed by atoms with Crippen molar-refractivity contribution in [3.63, 3.8) is 0 Å². The molecule has 0 unspecified atom stereocenters. The fraction of sp³-hybridized carbons (Fsp3) is 0.214. The van der Waals surface area contributed by atoms with Gasteiger partial charge in [0.15, 0.2) is 0 Å². The lowest BCUT2D eigenvalue weighted by Crippen LogP contribution is -2.37. The van der Waals surface area contributed by atoms with Gasteiger partial charge in [0, 0.05) is 11.0 Å². The van der Waals surface area contributed by atoms with E-state index in [2.05, 4.69) is 5.32 Å². The summed E-state index contributed by atoms with van der Waals surface area (Å²) in [6, 6.07) is 5.73. The fourth-order valence-electron chi connectivity index (χ4n) is 1.54. The first-order valence-corrected chi connectivity index (χ1v) is 7.65. The molecule has 2 aromatic heterocycles. The summed E-state index contributed by atoms with van der Waals surface area (Å²) in [5, 5.41) is 18.7. The van der Waals surface area contributed by atoms with Crippen molar-refractivity contribution >= 4 is 34.7 Å².